The second-order valence-corrected chi connectivity index (χ2v) is 6.92. The third kappa shape index (κ3) is 2.84. The van der Waals surface area contributed by atoms with Crippen molar-refractivity contribution in [3.05, 3.63) is 28.5 Å². The Bertz CT molecular complexity index is 530. The normalized spacial score (nSPS) is 26.6. The number of nitrogens with zero attached hydrogens (tertiary/aromatic N) is 1. The largest absolute Gasteiger partial charge is 0.467 e. The zero-order valence-electron chi connectivity index (χ0n) is 12.0. The molecule has 0 amide bonds. The van der Waals surface area contributed by atoms with Crippen molar-refractivity contribution < 1.29 is 14.3 Å². The number of methoxy groups -OCH3 is 1. The fourth-order valence-corrected chi connectivity index (χ4v) is 3.58. The predicted molar refractivity (Wildman–Crippen MR) is 80.7 cm³/mol. The quantitative estimate of drug-likeness (QED) is 0.838. The minimum Gasteiger partial charge on any atom is -0.467 e. The summed E-state index contributed by atoms with van der Waals surface area (Å²) in [6.07, 6.45) is 4.67. The van der Waals surface area contributed by atoms with Gasteiger partial charge in [0.05, 0.1) is 12.8 Å². The molecule has 2 heterocycles. The van der Waals surface area contributed by atoms with Gasteiger partial charge in [-0.1, -0.05) is 0 Å². The van der Waals surface area contributed by atoms with Gasteiger partial charge in [-0.3, -0.25) is 4.98 Å². The maximum absolute atomic E-state index is 11.5. The molecule has 1 aromatic rings. The van der Waals surface area contributed by atoms with Crippen LogP contribution in [-0.2, 0) is 19.9 Å². The summed E-state index contributed by atoms with van der Waals surface area (Å²) < 4.78 is 11.7. The molecular formula is C15H19BrN2O3. The molecule has 21 heavy (non-hydrogen) atoms. The molecule has 5 nitrogen and oxygen atoms in total. The Balaban J connectivity index is 1.84. The van der Waals surface area contributed by atoms with Crippen molar-refractivity contribution in [1.82, 2.24) is 10.3 Å². The SMILES string of the molecule is COC(=O)COC1(c2ccc(Br)cn2)CCC2(CNC2)C1. The van der Waals surface area contributed by atoms with Gasteiger partial charge in [-0.2, -0.15) is 0 Å². The van der Waals surface area contributed by atoms with Crippen molar-refractivity contribution in [2.75, 3.05) is 26.8 Å². The molecule has 3 rings (SSSR count). The van der Waals surface area contributed by atoms with Crippen molar-refractivity contribution in [2.45, 2.75) is 24.9 Å². The van der Waals surface area contributed by atoms with E-state index in [0.29, 0.717) is 5.41 Å². The molecule has 0 aromatic carbocycles. The van der Waals surface area contributed by atoms with Gasteiger partial charge in [0.15, 0.2) is 0 Å². The number of carbonyl (C=O) groups excluding carboxylic acids is 1. The first-order chi connectivity index (χ1) is 10.1. The van der Waals surface area contributed by atoms with Crippen LogP contribution < -0.4 is 5.32 Å². The lowest BCUT2D eigenvalue weighted by atomic mass is 9.78. The standard InChI is InChI=1S/C15H19BrN2O3/c1-20-13(19)7-21-15(12-3-2-11(16)6-18-12)5-4-14(8-15)9-17-10-14/h2-3,6,17H,4-5,7-10H2,1H3. The summed E-state index contributed by atoms with van der Waals surface area (Å²) >= 11 is 3.40. The summed E-state index contributed by atoms with van der Waals surface area (Å²) in [5.41, 5.74) is 0.723. The predicted octanol–water partition coefficient (Wildman–Crippen LogP) is 2.00. The molecular weight excluding hydrogens is 336 g/mol. The highest BCUT2D eigenvalue weighted by atomic mass is 79.9. The summed E-state index contributed by atoms with van der Waals surface area (Å²) in [5.74, 6) is -0.348. The number of esters is 1. The van der Waals surface area contributed by atoms with Crippen molar-refractivity contribution in [2.24, 2.45) is 5.41 Å². The number of ether oxygens (including phenoxy) is 2. The molecule has 1 aliphatic carbocycles. The van der Waals surface area contributed by atoms with E-state index in [1.807, 2.05) is 12.1 Å². The van der Waals surface area contributed by atoms with E-state index < -0.39 is 5.60 Å². The summed E-state index contributed by atoms with van der Waals surface area (Å²) in [4.78, 5) is 16.0. The van der Waals surface area contributed by atoms with Gasteiger partial charge in [-0.15, -0.1) is 0 Å². The number of nitrogens with one attached hydrogen (secondary N) is 1. The summed E-state index contributed by atoms with van der Waals surface area (Å²) in [5, 5.41) is 3.34. The summed E-state index contributed by atoms with van der Waals surface area (Å²) in [6, 6.07) is 3.95. The Hall–Kier alpha value is -0.980. The van der Waals surface area contributed by atoms with E-state index in [2.05, 4.69) is 26.2 Å². The average Bonchev–Trinajstić information content (AvgIpc) is 2.87. The van der Waals surface area contributed by atoms with Crippen LogP contribution in [0.2, 0.25) is 0 Å². The van der Waals surface area contributed by atoms with Gasteiger partial charge in [-0.25, -0.2) is 4.79 Å². The minimum atomic E-state index is -0.475. The first-order valence-electron chi connectivity index (χ1n) is 7.11. The maximum atomic E-state index is 11.5. The van der Waals surface area contributed by atoms with Crippen molar-refractivity contribution >= 4 is 21.9 Å². The first-order valence-corrected chi connectivity index (χ1v) is 7.90. The highest BCUT2D eigenvalue weighted by molar-refractivity contribution is 9.10. The molecule has 1 aliphatic heterocycles. The van der Waals surface area contributed by atoms with Crippen LogP contribution in [0.4, 0.5) is 0 Å². The third-order valence-corrected chi connectivity index (χ3v) is 5.08. The average molecular weight is 355 g/mol. The molecule has 1 unspecified atom stereocenters. The van der Waals surface area contributed by atoms with Crippen LogP contribution in [0.25, 0.3) is 0 Å². The van der Waals surface area contributed by atoms with Gasteiger partial charge in [0.25, 0.3) is 0 Å². The summed E-state index contributed by atoms with van der Waals surface area (Å²) in [6.45, 7) is 2.01. The van der Waals surface area contributed by atoms with Gasteiger partial charge in [0.2, 0.25) is 0 Å². The minimum absolute atomic E-state index is 0.0300. The molecule has 2 fully saturated rings. The number of carbonyl (C=O) groups is 1. The number of rotatable bonds is 4. The Morgan fingerprint density at radius 2 is 2.24 bits per heavy atom. The molecule has 1 spiro atoms. The number of pyridine rings is 1. The van der Waals surface area contributed by atoms with Crippen LogP contribution in [0, 0.1) is 5.41 Å². The van der Waals surface area contributed by atoms with E-state index in [-0.39, 0.29) is 12.6 Å². The van der Waals surface area contributed by atoms with Crippen LogP contribution in [0.15, 0.2) is 22.8 Å². The lowest BCUT2D eigenvalue weighted by molar-refractivity contribution is -0.155. The molecule has 6 heteroatoms. The molecule has 1 atom stereocenters. The van der Waals surface area contributed by atoms with Crippen molar-refractivity contribution in [3.63, 3.8) is 0 Å². The number of halogens is 1. The van der Waals surface area contributed by atoms with E-state index in [1.165, 1.54) is 7.11 Å². The van der Waals surface area contributed by atoms with Crippen LogP contribution in [0.3, 0.4) is 0 Å². The second kappa shape index (κ2) is 5.66. The van der Waals surface area contributed by atoms with Gasteiger partial charge in [-0.05, 0) is 52.7 Å². The Morgan fingerprint density at radius 1 is 1.43 bits per heavy atom. The molecule has 0 bridgehead atoms. The second-order valence-electron chi connectivity index (χ2n) is 6.00. The summed E-state index contributed by atoms with van der Waals surface area (Å²) in [7, 11) is 1.38. The van der Waals surface area contributed by atoms with E-state index in [1.54, 1.807) is 6.20 Å². The first kappa shape index (κ1) is 14.9. The van der Waals surface area contributed by atoms with Crippen molar-refractivity contribution in [1.29, 1.82) is 0 Å². The number of hydrogen-bond donors (Lipinski definition) is 1. The van der Waals surface area contributed by atoms with E-state index in [4.69, 9.17) is 9.47 Å². The lowest BCUT2D eigenvalue weighted by Gasteiger charge is -2.41. The Morgan fingerprint density at radius 3 is 2.76 bits per heavy atom. The van der Waals surface area contributed by atoms with Crippen molar-refractivity contribution in [3.8, 4) is 0 Å². The van der Waals surface area contributed by atoms with Gasteiger partial charge in [0.1, 0.15) is 12.2 Å². The van der Waals surface area contributed by atoms with Crippen LogP contribution >= 0.6 is 15.9 Å². The highest BCUT2D eigenvalue weighted by Crippen LogP contribution is 2.53. The van der Waals surface area contributed by atoms with Gasteiger partial charge < -0.3 is 14.8 Å². The number of hydrogen-bond acceptors (Lipinski definition) is 5. The molecule has 0 radical (unpaired) electrons. The zero-order chi connectivity index (χ0) is 14.9. The van der Waals surface area contributed by atoms with E-state index in [9.17, 15) is 4.79 Å². The molecule has 1 N–H and O–H groups in total. The highest BCUT2D eigenvalue weighted by Gasteiger charge is 2.53. The Kier molecular flexibility index (Phi) is 4.03. The van der Waals surface area contributed by atoms with Gasteiger partial charge in [0, 0.05) is 23.8 Å². The Labute approximate surface area is 132 Å². The maximum Gasteiger partial charge on any atom is 0.331 e. The van der Waals surface area contributed by atoms with Crippen LogP contribution in [0.5, 0.6) is 0 Å². The molecule has 2 aliphatic rings. The van der Waals surface area contributed by atoms with Crippen LogP contribution in [0.1, 0.15) is 25.0 Å². The zero-order valence-corrected chi connectivity index (χ0v) is 13.6. The molecule has 1 aromatic heterocycles. The fraction of sp³-hybridized carbons (Fsp3) is 0.600. The molecule has 1 saturated carbocycles. The van der Waals surface area contributed by atoms with E-state index in [0.717, 1.165) is 42.5 Å². The lowest BCUT2D eigenvalue weighted by Crippen LogP contribution is -2.52. The van der Waals surface area contributed by atoms with Crippen LogP contribution in [-0.4, -0.2) is 37.8 Å². The third-order valence-electron chi connectivity index (χ3n) is 4.61. The molecule has 114 valence electrons. The molecule has 1 saturated heterocycles. The van der Waals surface area contributed by atoms with Gasteiger partial charge >= 0.3 is 5.97 Å². The fourth-order valence-electron chi connectivity index (χ4n) is 3.35. The monoisotopic (exact) mass is 354 g/mol. The smallest absolute Gasteiger partial charge is 0.331 e. The number of aromatic nitrogens is 1. The topological polar surface area (TPSA) is 60.5 Å². The van der Waals surface area contributed by atoms with E-state index >= 15 is 0 Å².